The molecule has 3 N–H and O–H groups in total. The van der Waals surface area contributed by atoms with E-state index in [1.807, 2.05) is 4.72 Å². The molecule has 0 spiro atoms. The average molecular weight is 546 g/mol. The van der Waals surface area contributed by atoms with E-state index in [0.29, 0.717) is 17.7 Å². The van der Waals surface area contributed by atoms with E-state index >= 15 is 0 Å². The molecule has 3 aliphatic rings. The highest BCUT2D eigenvalue weighted by molar-refractivity contribution is 7.92. The molecule has 3 saturated carbocycles. The lowest BCUT2D eigenvalue weighted by Crippen LogP contribution is -2.78. The van der Waals surface area contributed by atoms with Crippen LogP contribution in [-0.4, -0.2) is 46.7 Å². The van der Waals surface area contributed by atoms with Gasteiger partial charge in [0.25, 0.3) is 15.9 Å². The minimum Gasteiger partial charge on any atom is -0.346 e. The van der Waals surface area contributed by atoms with Crippen LogP contribution in [0.4, 0.5) is 32.0 Å². The van der Waals surface area contributed by atoms with Gasteiger partial charge in [0.2, 0.25) is 5.82 Å². The fraction of sp³-hybridized carbons (Fsp3) is 0.333. The van der Waals surface area contributed by atoms with Crippen LogP contribution in [0, 0.1) is 5.41 Å². The number of rotatable bonds is 6. The largest absolute Gasteiger partial charge is 0.416 e. The van der Waals surface area contributed by atoms with E-state index in [1.54, 1.807) is 0 Å². The predicted octanol–water partition coefficient (Wildman–Crippen LogP) is 3.90. The van der Waals surface area contributed by atoms with E-state index < -0.39 is 56.1 Å². The summed E-state index contributed by atoms with van der Waals surface area (Å²) in [6.07, 6.45) is -10.3. The molecule has 0 aliphatic heterocycles. The Morgan fingerprint density at radius 1 is 0.973 bits per heavy atom. The average Bonchev–Trinajstić information content (AvgIpc) is 3.28. The van der Waals surface area contributed by atoms with Gasteiger partial charge in [0, 0.05) is 11.1 Å². The number of nitrogens with one attached hydrogen (secondary N) is 3. The fourth-order valence-electron chi connectivity index (χ4n) is 4.80. The van der Waals surface area contributed by atoms with E-state index in [0.717, 1.165) is 18.2 Å². The third kappa shape index (κ3) is 4.28. The topological polar surface area (TPSA) is 130 Å². The van der Waals surface area contributed by atoms with Crippen molar-refractivity contribution in [2.45, 2.75) is 42.0 Å². The minimum atomic E-state index is -4.85. The van der Waals surface area contributed by atoms with Gasteiger partial charge in [-0.2, -0.15) is 31.6 Å². The van der Waals surface area contributed by atoms with Gasteiger partial charge in [-0.3, -0.25) is 9.52 Å². The summed E-state index contributed by atoms with van der Waals surface area (Å²) < 4.78 is 107. The third-order valence-electron chi connectivity index (χ3n) is 6.61. The molecule has 0 atom stereocenters. The first-order valence-corrected chi connectivity index (χ1v) is 12.1. The lowest BCUT2D eigenvalue weighted by atomic mass is 9.39. The van der Waals surface area contributed by atoms with Gasteiger partial charge in [-0.05, 0) is 66.9 Å². The molecule has 3 aliphatic carbocycles. The molecule has 0 radical (unpaired) electrons. The van der Waals surface area contributed by atoms with E-state index in [-0.39, 0.29) is 30.0 Å². The molecule has 0 saturated heterocycles. The normalized spacial score (nSPS) is 23.1. The molecule has 0 unspecified atom stereocenters. The summed E-state index contributed by atoms with van der Waals surface area (Å²) in [5.41, 5.74) is -4.95. The van der Waals surface area contributed by atoms with Crippen molar-refractivity contribution in [3.8, 4) is 11.4 Å². The second-order valence-corrected chi connectivity index (χ2v) is 10.8. The Balaban J connectivity index is 1.41. The van der Waals surface area contributed by atoms with Crippen LogP contribution in [-0.2, 0) is 16.2 Å². The van der Waals surface area contributed by atoms with Crippen LogP contribution in [0.15, 0.2) is 47.4 Å². The first-order valence-electron chi connectivity index (χ1n) is 10.6. The molecular formula is C21H16F6N6O3S. The number of halogens is 6. The number of aromatic amines is 1. The summed E-state index contributed by atoms with van der Waals surface area (Å²) in [6, 6.07) is 6.82. The zero-order valence-corrected chi connectivity index (χ0v) is 19.2. The van der Waals surface area contributed by atoms with Crippen molar-refractivity contribution >= 4 is 21.6 Å². The summed E-state index contributed by atoms with van der Waals surface area (Å²) in [6.45, 7) is 0. The molecule has 16 heteroatoms. The van der Waals surface area contributed by atoms with Crippen LogP contribution in [0.1, 0.15) is 35.2 Å². The molecule has 1 heterocycles. The molecule has 9 nitrogen and oxygen atoms in total. The van der Waals surface area contributed by atoms with Crippen molar-refractivity contribution in [1.29, 1.82) is 0 Å². The van der Waals surface area contributed by atoms with Gasteiger partial charge >= 0.3 is 12.4 Å². The molecule has 196 valence electrons. The van der Waals surface area contributed by atoms with Crippen LogP contribution >= 0.6 is 0 Å². The number of alkyl halides is 6. The maximum atomic E-state index is 13.3. The van der Waals surface area contributed by atoms with Crippen molar-refractivity contribution in [2.24, 2.45) is 5.41 Å². The second-order valence-electron chi connectivity index (χ2n) is 9.17. The maximum absolute atomic E-state index is 13.3. The number of carbonyl (C=O) groups is 1. The van der Waals surface area contributed by atoms with Crippen molar-refractivity contribution < 1.29 is 39.6 Å². The van der Waals surface area contributed by atoms with Gasteiger partial charge in [-0.15, -0.1) is 10.2 Å². The Labute approximate surface area is 204 Å². The van der Waals surface area contributed by atoms with Crippen LogP contribution in [0.2, 0.25) is 0 Å². The number of tetrazole rings is 1. The van der Waals surface area contributed by atoms with E-state index in [4.69, 9.17) is 0 Å². The zero-order valence-electron chi connectivity index (χ0n) is 18.4. The summed E-state index contributed by atoms with van der Waals surface area (Å²) in [5, 5.41) is 15.5. The number of sulfonamides is 1. The highest BCUT2D eigenvalue weighted by atomic mass is 32.2. The number of hydrogen-bond acceptors (Lipinski definition) is 6. The Hall–Kier alpha value is -3.69. The maximum Gasteiger partial charge on any atom is 0.416 e. The van der Waals surface area contributed by atoms with Gasteiger partial charge in [0.1, 0.15) is 0 Å². The van der Waals surface area contributed by atoms with E-state index in [1.165, 1.54) is 12.1 Å². The standard InChI is InChI=1S/C21H16F6N6O3S/c22-20(23,24)12-3-6-14(17(34)28-19-8-18(9-19,10-19)21(25,26)27)15(7-12)31-37(35,36)13-4-1-11(2-5-13)16-29-32-33-30-16/h1-7,31H,8-10H2,(H,28,34)(H,29,30,32,33). The number of amides is 1. The molecule has 6 rings (SSSR count). The first-order chi connectivity index (χ1) is 17.1. The predicted molar refractivity (Wildman–Crippen MR) is 114 cm³/mol. The molecule has 3 aromatic rings. The SMILES string of the molecule is O=C(NC12CC(C(F)(F)F)(C1)C2)c1ccc(C(F)(F)F)cc1NS(=O)(=O)c1ccc(-c2nn[nH]n2)cc1. The summed E-state index contributed by atoms with van der Waals surface area (Å²) in [4.78, 5) is 12.5. The minimum absolute atomic E-state index is 0.176. The summed E-state index contributed by atoms with van der Waals surface area (Å²) in [5.74, 6) is -0.816. The molecule has 1 aromatic heterocycles. The van der Waals surface area contributed by atoms with Crippen LogP contribution in [0.5, 0.6) is 0 Å². The Morgan fingerprint density at radius 2 is 1.62 bits per heavy atom. The zero-order chi connectivity index (χ0) is 26.9. The van der Waals surface area contributed by atoms with Crippen LogP contribution in [0.3, 0.4) is 0 Å². The molecular weight excluding hydrogens is 530 g/mol. The molecule has 2 bridgehead atoms. The van der Waals surface area contributed by atoms with Crippen molar-refractivity contribution in [3.05, 3.63) is 53.6 Å². The number of carbonyl (C=O) groups excluding carboxylic acids is 1. The quantitative estimate of drug-likeness (QED) is 0.402. The number of H-pyrrole nitrogens is 1. The monoisotopic (exact) mass is 546 g/mol. The van der Waals surface area contributed by atoms with Crippen LogP contribution < -0.4 is 10.0 Å². The molecule has 2 aromatic carbocycles. The number of aromatic nitrogens is 4. The van der Waals surface area contributed by atoms with Gasteiger partial charge in [0.05, 0.1) is 27.1 Å². The summed E-state index contributed by atoms with van der Waals surface area (Å²) >= 11 is 0. The number of benzene rings is 2. The number of anilines is 1. The first kappa shape index (κ1) is 25.0. The fourth-order valence-corrected chi connectivity index (χ4v) is 5.87. The lowest BCUT2D eigenvalue weighted by Gasteiger charge is -2.70. The Bertz CT molecular complexity index is 1450. The van der Waals surface area contributed by atoms with E-state index in [9.17, 15) is 39.6 Å². The number of hydrogen-bond donors (Lipinski definition) is 3. The smallest absolute Gasteiger partial charge is 0.346 e. The Kier molecular flexibility index (Phi) is 5.34. The van der Waals surface area contributed by atoms with Crippen molar-refractivity contribution in [1.82, 2.24) is 25.9 Å². The number of nitrogens with zero attached hydrogens (tertiary/aromatic N) is 3. The Morgan fingerprint density at radius 3 is 2.16 bits per heavy atom. The van der Waals surface area contributed by atoms with Crippen molar-refractivity contribution in [2.75, 3.05) is 4.72 Å². The van der Waals surface area contributed by atoms with Gasteiger partial charge in [-0.1, -0.05) is 0 Å². The van der Waals surface area contributed by atoms with Crippen LogP contribution in [0.25, 0.3) is 11.4 Å². The highest BCUT2D eigenvalue weighted by Gasteiger charge is 2.79. The van der Waals surface area contributed by atoms with Gasteiger partial charge in [-0.25, -0.2) is 8.42 Å². The molecule has 1 amide bonds. The second kappa shape index (κ2) is 7.90. The van der Waals surface area contributed by atoms with Gasteiger partial charge in [0.15, 0.2) is 0 Å². The third-order valence-corrected chi connectivity index (χ3v) is 8.00. The molecule has 3 fully saturated rings. The van der Waals surface area contributed by atoms with Crippen molar-refractivity contribution in [3.63, 3.8) is 0 Å². The summed E-state index contributed by atoms with van der Waals surface area (Å²) in [7, 11) is -4.48. The lowest BCUT2D eigenvalue weighted by molar-refractivity contribution is -0.336. The van der Waals surface area contributed by atoms with Gasteiger partial charge < -0.3 is 5.32 Å². The van der Waals surface area contributed by atoms with E-state index in [2.05, 4.69) is 25.9 Å². The molecule has 37 heavy (non-hydrogen) atoms. The highest BCUT2D eigenvalue weighted by Crippen LogP contribution is 2.73.